The third-order valence-electron chi connectivity index (χ3n) is 4.09. The monoisotopic (exact) mass is 273 g/mol. The average Bonchev–Trinajstić information content (AvgIpc) is 2.48. The van der Waals surface area contributed by atoms with Crippen LogP contribution < -0.4 is 5.32 Å². The lowest BCUT2D eigenvalue weighted by Crippen LogP contribution is -2.15. The van der Waals surface area contributed by atoms with Gasteiger partial charge in [0.1, 0.15) is 11.6 Å². The van der Waals surface area contributed by atoms with E-state index in [4.69, 9.17) is 4.74 Å². The normalized spacial score (nSPS) is 18.4. The summed E-state index contributed by atoms with van der Waals surface area (Å²) < 4.78 is 5.34. The third kappa shape index (κ3) is 3.18. The standard InChI is InChI=1S/C16H23N3O/c1-12-18-15-5-3-2-4-14(15)16(19-12)17-9-6-13-7-10-20-11-8-13/h7H,2-6,8-11H2,1H3,(H,17,18,19). The molecule has 4 nitrogen and oxygen atoms in total. The number of aryl methyl sites for hydroxylation is 2. The summed E-state index contributed by atoms with van der Waals surface area (Å²) >= 11 is 0. The molecule has 1 aliphatic heterocycles. The SMILES string of the molecule is Cc1nc2c(c(NCCC3=CCOCC3)n1)CCCC2. The van der Waals surface area contributed by atoms with Crippen molar-refractivity contribution in [1.82, 2.24) is 9.97 Å². The summed E-state index contributed by atoms with van der Waals surface area (Å²) in [6.07, 6.45) is 9.12. The van der Waals surface area contributed by atoms with Crippen LogP contribution in [0.25, 0.3) is 0 Å². The number of nitrogens with zero attached hydrogens (tertiary/aromatic N) is 2. The maximum absolute atomic E-state index is 5.34. The molecule has 4 heteroatoms. The van der Waals surface area contributed by atoms with Crippen molar-refractivity contribution in [3.8, 4) is 0 Å². The molecule has 0 unspecified atom stereocenters. The summed E-state index contributed by atoms with van der Waals surface area (Å²) in [7, 11) is 0. The highest BCUT2D eigenvalue weighted by molar-refractivity contribution is 5.47. The fourth-order valence-corrected chi connectivity index (χ4v) is 3.00. The van der Waals surface area contributed by atoms with Gasteiger partial charge in [0.25, 0.3) is 0 Å². The molecule has 0 radical (unpaired) electrons. The van der Waals surface area contributed by atoms with Crippen LogP contribution in [0.3, 0.4) is 0 Å². The van der Waals surface area contributed by atoms with Gasteiger partial charge in [0, 0.05) is 17.8 Å². The fraction of sp³-hybridized carbons (Fsp3) is 0.625. The van der Waals surface area contributed by atoms with E-state index in [1.807, 2.05) is 6.92 Å². The summed E-state index contributed by atoms with van der Waals surface area (Å²) in [5.41, 5.74) is 4.11. The van der Waals surface area contributed by atoms with Crippen molar-refractivity contribution in [3.05, 3.63) is 28.7 Å². The first-order valence-electron chi connectivity index (χ1n) is 7.69. The Morgan fingerprint density at radius 3 is 2.95 bits per heavy atom. The van der Waals surface area contributed by atoms with E-state index < -0.39 is 0 Å². The lowest BCUT2D eigenvalue weighted by Gasteiger charge is -2.20. The Morgan fingerprint density at radius 1 is 1.20 bits per heavy atom. The molecular formula is C16H23N3O. The molecule has 0 fully saturated rings. The Labute approximate surface area is 120 Å². The highest BCUT2D eigenvalue weighted by Gasteiger charge is 2.16. The zero-order valence-corrected chi connectivity index (χ0v) is 12.2. The van der Waals surface area contributed by atoms with Crippen LogP contribution in [0.2, 0.25) is 0 Å². The number of fused-ring (bicyclic) bond motifs is 1. The molecule has 2 heterocycles. The van der Waals surface area contributed by atoms with Crippen molar-refractivity contribution >= 4 is 5.82 Å². The minimum absolute atomic E-state index is 0.775. The van der Waals surface area contributed by atoms with E-state index in [0.29, 0.717) is 0 Å². The number of anilines is 1. The van der Waals surface area contributed by atoms with Crippen LogP contribution in [-0.2, 0) is 17.6 Å². The first-order valence-corrected chi connectivity index (χ1v) is 7.69. The van der Waals surface area contributed by atoms with Crippen molar-refractivity contribution in [1.29, 1.82) is 0 Å². The summed E-state index contributed by atoms with van der Waals surface area (Å²) in [6, 6.07) is 0. The number of aromatic nitrogens is 2. The van der Waals surface area contributed by atoms with Crippen LogP contribution in [0.5, 0.6) is 0 Å². The molecule has 0 atom stereocenters. The van der Waals surface area contributed by atoms with Gasteiger partial charge >= 0.3 is 0 Å². The lowest BCUT2D eigenvalue weighted by molar-refractivity contribution is 0.153. The first-order chi connectivity index (χ1) is 9.83. The van der Waals surface area contributed by atoms with Gasteiger partial charge in [-0.15, -0.1) is 0 Å². The Hall–Kier alpha value is -1.42. The second-order valence-electron chi connectivity index (χ2n) is 5.62. The number of hydrogen-bond donors (Lipinski definition) is 1. The smallest absolute Gasteiger partial charge is 0.133 e. The first kappa shape index (κ1) is 13.6. The van der Waals surface area contributed by atoms with Gasteiger partial charge in [-0.1, -0.05) is 11.6 Å². The molecule has 0 bridgehead atoms. The fourth-order valence-electron chi connectivity index (χ4n) is 3.00. The van der Waals surface area contributed by atoms with E-state index in [-0.39, 0.29) is 0 Å². The molecule has 0 saturated carbocycles. The maximum Gasteiger partial charge on any atom is 0.133 e. The van der Waals surface area contributed by atoms with Crippen molar-refractivity contribution in [2.75, 3.05) is 25.1 Å². The van der Waals surface area contributed by atoms with E-state index in [1.165, 1.54) is 29.7 Å². The number of nitrogens with one attached hydrogen (secondary N) is 1. The zero-order chi connectivity index (χ0) is 13.8. The van der Waals surface area contributed by atoms with Crippen molar-refractivity contribution in [2.45, 2.75) is 45.4 Å². The molecule has 1 aromatic heterocycles. The predicted octanol–water partition coefficient (Wildman–Crippen LogP) is 2.81. The van der Waals surface area contributed by atoms with Crippen LogP contribution in [0.4, 0.5) is 5.82 Å². The van der Waals surface area contributed by atoms with Crippen LogP contribution in [0.1, 0.15) is 42.8 Å². The third-order valence-corrected chi connectivity index (χ3v) is 4.09. The van der Waals surface area contributed by atoms with Crippen molar-refractivity contribution < 1.29 is 4.74 Å². The highest BCUT2D eigenvalue weighted by atomic mass is 16.5. The van der Waals surface area contributed by atoms with Gasteiger partial charge in [0.15, 0.2) is 0 Å². The molecule has 0 spiro atoms. The Kier molecular flexibility index (Phi) is 4.31. The van der Waals surface area contributed by atoms with Gasteiger partial charge in [-0.2, -0.15) is 0 Å². The topological polar surface area (TPSA) is 47.0 Å². The van der Waals surface area contributed by atoms with Gasteiger partial charge in [-0.25, -0.2) is 9.97 Å². The van der Waals surface area contributed by atoms with E-state index in [2.05, 4.69) is 21.4 Å². The molecule has 0 saturated heterocycles. The minimum Gasteiger partial charge on any atom is -0.377 e. The largest absolute Gasteiger partial charge is 0.377 e. The Balaban J connectivity index is 1.64. The average molecular weight is 273 g/mol. The summed E-state index contributed by atoms with van der Waals surface area (Å²) in [5.74, 6) is 1.96. The summed E-state index contributed by atoms with van der Waals surface area (Å²) in [6.45, 7) is 4.58. The minimum atomic E-state index is 0.775. The second kappa shape index (κ2) is 6.35. The van der Waals surface area contributed by atoms with Gasteiger partial charge in [-0.3, -0.25) is 0 Å². The van der Waals surface area contributed by atoms with Crippen LogP contribution in [0.15, 0.2) is 11.6 Å². The molecule has 108 valence electrons. The van der Waals surface area contributed by atoms with Gasteiger partial charge in [-0.05, 0) is 45.4 Å². The zero-order valence-electron chi connectivity index (χ0n) is 12.2. The second-order valence-corrected chi connectivity index (χ2v) is 5.62. The van der Waals surface area contributed by atoms with Crippen molar-refractivity contribution in [3.63, 3.8) is 0 Å². The quantitative estimate of drug-likeness (QED) is 0.857. The lowest BCUT2D eigenvalue weighted by atomic mass is 9.96. The van der Waals surface area contributed by atoms with E-state index in [0.717, 1.165) is 57.1 Å². The molecule has 1 N–H and O–H groups in total. The van der Waals surface area contributed by atoms with E-state index in [1.54, 1.807) is 0 Å². The molecular weight excluding hydrogens is 250 g/mol. The molecule has 2 aliphatic rings. The van der Waals surface area contributed by atoms with Crippen LogP contribution in [-0.4, -0.2) is 29.7 Å². The Morgan fingerprint density at radius 2 is 2.10 bits per heavy atom. The highest BCUT2D eigenvalue weighted by Crippen LogP contribution is 2.25. The van der Waals surface area contributed by atoms with Gasteiger partial charge in [0.2, 0.25) is 0 Å². The predicted molar refractivity (Wildman–Crippen MR) is 80.0 cm³/mol. The number of hydrogen-bond acceptors (Lipinski definition) is 4. The molecule has 0 amide bonds. The molecule has 1 aliphatic carbocycles. The van der Waals surface area contributed by atoms with Gasteiger partial charge < -0.3 is 10.1 Å². The maximum atomic E-state index is 5.34. The van der Waals surface area contributed by atoms with Crippen molar-refractivity contribution in [2.24, 2.45) is 0 Å². The molecule has 1 aromatic rings. The van der Waals surface area contributed by atoms with Crippen LogP contribution in [0, 0.1) is 6.92 Å². The van der Waals surface area contributed by atoms with Crippen LogP contribution >= 0.6 is 0 Å². The van der Waals surface area contributed by atoms with Gasteiger partial charge in [0.05, 0.1) is 13.2 Å². The summed E-state index contributed by atoms with van der Waals surface area (Å²) in [5, 5.41) is 3.53. The Bertz CT molecular complexity index is 511. The summed E-state index contributed by atoms with van der Waals surface area (Å²) in [4.78, 5) is 9.20. The molecule has 0 aromatic carbocycles. The molecule has 20 heavy (non-hydrogen) atoms. The van der Waals surface area contributed by atoms with E-state index >= 15 is 0 Å². The number of rotatable bonds is 4. The molecule has 3 rings (SSSR count). The van der Waals surface area contributed by atoms with E-state index in [9.17, 15) is 0 Å². The number of ether oxygens (including phenoxy) is 1.